The second-order valence-electron chi connectivity index (χ2n) is 5.08. The third-order valence-corrected chi connectivity index (χ3v) is 3.37. The van der Waals surface area contributed by atoms with Crippen molar-refractivity contribution in [3.63, 3.8) is 0 Å². The standard InChI is InChI=1S/C16H25NO2/c1-2-3-10-18-11-6-9-17-13-15-12-14-7-4-5-8-16(14)19-15/h4-5,7-8,15,17H,2-3,6,9-13H2,1H3. The fourth-order valence-electron chi connectivity index (χ4n) is 2.28. The van der Waals surface area contributed by atoms with E-state index in [9.17, 15) is 0 Å². The lowest BCUT2D eigenvalue weighted by Crippen LogP contribution is -2.31. The van der Waals surface area contributed by atoms with Gasteiger partial charge in [-0.15, -0.1) is 0 Å². The van der Waals surface area contributed by atoms with Gasteiger partial charge in [-0.05, 0) is 31.0 Å². The van der Waals surface area contributed by atoms with Crippen molar-refractivity contribution in [3.05, 3.63) is 29.8 Å². The lowest BCUT2D eigenvalue weighted by molar-refractivity contribution is 0.128. The van der Waals surface area contributed by atoms with E-state index in [-0.39, 0.29) is 0 Å². The molecule has 0 saturated carbocycles. The normalized spacial score (nSPS) is 17.2. The van der Waals surface area contributed by atoms with Gasteiger partial charge >= 0.3 is 0 Å². The van der Waals surface area contributed by atoms with Gasteiger partial charge in [-0.25, -0.2) is 0 Å². The number of unbranched alkanes of at least 4 members (excludes halogenated alkanes) is 1. The van der Waals surface area contributed by atoms with Crippen LogP contribution in [0.2, 0.25) is 0 Å². The smallest absolute Gasteiger partial charge is 0.123 e. The average molecular weight is 263 g/mol. The van der Waals surface area contributed by atoms with E-state index in [0.29, 0.717) is 6.10 Å². The van der Waals surface area contributed by atoms with E-state index in [1.807, 2.05) is 6.07 Å². The van der Waals surface area contributed by atoms with Crippen molar-refractivity contribution in [2.75, 3.05) is 26.3 Å². The molecule has 0 spiro atoms. The molecule has 0 bridgehead atoms. The van der Waals surface area contributed by atoms with Crippen molar-refractivity contribution in [1.29, 1.82) is 0 Å². The maximum atomic E-state index is 5.87. The Balaban J connectivity index is 1.49. The van der Waals surface area contributed by atoms with Gasteiger partial charge in [0.15, 0.2) is 0 Å². The van der Waals surface area contributed by atoms with Gasteiger partial charge in [-0.3, -0.25) is 0 Å². The van der Waals surface area contributed by atoms with Gasteiger partial charge in [0.05, 0.1) is 0 Å². The molecule has 1 heterocycles. The van der Waals surface area contributed by atoms with Crippen molar-refractivity contribution in [1.82, 2.24) is 5.32 Å². The SMILES string of the molecule is CCCCOCCCNCC1Cc2ccccc2O1. The zero-order valence-electron chi connectivity index (χ0n) is 11.9. The summed E-state index contributed by atoms with van der Waals surface area (Å²) in [7, 11) is 0. The molecule has 1 unspecified atom stereocenters. The van der Waals surface area contributed by atoms with Crippen LogP contribution in [0.5, 0.6) is 5.75 Å². The average Bonchev–Trinajstić information content (AvgIpc) is 2.84. The quantitative estimate of drug-likeness (QED) is 0.695. The Morgan fingerprint density at radius 2 is 2.11 bits per heavy atom. The van der Waals surface area contributed by atoms with Crippen molar-refractivity contribution < 1.29 is 9.47 Å². The van der Waals surface area contributed by atoms with Gasteiger partial charge in [0.1, 0.15) is 11.9 Å². The van der Waals surface area contributed by atoms with E-state index in [1.54, 1.807) is 0 Å². The van der Waals surface area contributed by atoms with Crippen LogP contribution in [0.3, 0.4) is 0 Å². The highest BCUT2D eigenvalue weighted by molar-refractivity contribution is 5.37. The molecule has 2 rings (SSSR count). The highest BCUT2D eigenvalue weighted by atomic mass is 16.5. The Bertz CT molecular complexity index is 343. The van der Waals surface area contributed by atoms with Gasteiger partial charge in [0.25, 0.3) is 0 Å². The Morgan fingerprint density at radius 3 is 2.95 bits per heavy atom. The van der Waals surface area contributed by atoms with E-state index in [0.717, 1.165) is 44.9 Å². The second-order valence-corrected chi connectivity index (χ2v) is 5.08. The molecule has 1 aliphatic rings. The molecule has 0 radical (unpaired) electrons. The maximum Gasteiger partial charge on any atom is 0.123 e. The lowest BCUT2D eigenvalue weighted by Gasteiger charge is -2.11. The predicted octanol–water partition coefficient (Wildman–Crippen LogP) is 2.79. The summed E-state index contributed by atoms with van der Waals surface area (Å²) in [5.41, 5.74) is 1.33. The molecule has 19 heavy (non-hydrogen) atoms. The zero-order chi connectivity index (χ0) is 13.3. The van der Waals surface area contributed by atoms with Crippen molar-refractivity contribution in [3.8, 4) is 5.75 Å². The van der Waals surface area contributed by atoms with Crippen LogP contribution in [0, 0.1) is 0 Å². The van der Waals surface area contributed by atoms with E-state index >= 15 is 0 Å². The molecular weight excluding hydrogens is 238 g/mol. The predicted molar refractivity (Wildman–Crippen MR) is 77.8 cm³/mol. The summed E-state index contributed by atoms with van der Waals surface area (Å²) in [6.45, 7) is 5.87. The molecule has 1 N–H and O–H groups in total. The highest BCUT2D eigenvalue weighted by Gasteiger charge is 2.21. The minimum Gasteiger partial charge on any atom is -0.488 e. The molecule has 0 fully saturated rings. The largest absolute Gasteiger partial charge is 0.488 e. The van der Waals surface area contributed by atoms with Crippen LogP contribution in [0.4, 0.5) is 0 Å². The Kier molecular flexibility index (Phi) is 6.18. The van der Waals surface area contributed by atoms with Gasteiger partial charge in [0.2, 0.25) is 0 Å². The molecule has 1 aliphatic heterocycles. The summed E-state index contributed by atoms with van der Waals surface area (Å²) in [5.74, 6) is 1.05. The van der Waals surface area contributed by atoms with Crippen LogP contribution in [-0.2, 0) is 11.2 Å². The summed E-state index contributed by atoms with van der Waals surface area (Å²) < 4.78 is 11.4. The second kappa shape index (κ2) is 8.18. The number of para-hydroxylation sites is 1. The first kappa shape index (κ1) is 14.4. The van der Waals surface area contributed by atoms with Gasteiger partial charge < -0.3 is 14.8 Å². The molecular formula is C16H25NO2. The number of hydrogen-bond donors (Lipinski definition) is 1. The van der Waals surface area contributed by atoms with Crippen LogP contribution in [0.15, 0.2) is 24.3 Å². The summed E-state index contributed by atoms with van der Waals surface area (Å²) >= 11 is 0. The minimum absolute atomic E-state index is 0.290. The molecule has 3 heteroatoms. The monoisotopic (exact) mass is 263 g/mol. The minimum atomic E-state index is 0.290. The molecule has 0 amide bonds. The van der Waals surface area contributed by atoms with E-state index in [4.69, 9.17) is 9.47 Å². The fourth-order valence-corrected chi connectivity index (χ4v) is 2.28. The van der Waals surface area contributed by atoms with Crippen molar-refractivity contribution >= 4 is 0 Å². The van der Waals surface area contributed by atoms with Crippen molar-refractivity contribution in [2.24, 2.45) is 0 Å². The first-order valence-electron chi connectivity index (χ1n) is 7.43. The van der Waals surface area contributed by atoms with Crippen LogP contribution in [0.1, 0.15) is 31.7 Å². The van der Waals surface area contributed by atoms with Gasteiger partial charge in [0, 0.05) is 26.2 Å². The Morgan fingerprint density at radius 1 is 1.26 bits per heavy atom. The molecule has 0 aromatic heterocycles. The number of benzene rings is 1. The molecule has 0 saturated heterocycles. The third-order valence-electron chi connectivity index (χ3n) is 3.37. The van der Waals surface area contributed by atoms with Gasteiger partial charge in [-0.1, -0.05) is 31.5 Å². The van der Waals surface area contributed by atoms with Crippen LogP contribution < -0.4 is 10.1 Å². The van der Waals surface area contributed by atoms with Crippen LogP contribution >= 0.6 is 0 Å². The molecule has 106 valence electrons. The first-order valence-corrected chi connectivity index (χ1v) is 7.43. The summed E-state index contributed by atoms with van der Waals surface area (Å²) in [5, 5.41) is 3.45. The van der Waals surface area contributed by atoms with Crippen LogP contribution in [-0.4, -0.2) is 32.4 Å². The van der Waals surface area contributed by atoms with E-state index < -0.39 is 0 Å². The Labute approximate surface area is 116 Å². The van der Waals surface area contributed by atoms with Crippen molar-refractivity contribution in [2.45, 2.75) is 38.7 Å². The molecule has 3 nitrogen and oxygen atoms in total. The third kappa shape index (κ3) is 4.84. The number of fused-ring (bicyclic) bond motifs is 1. The molecule has 1 aromatic rings. The summed E-state index contributed by atoms with van der Waals surface area (Å²) in [6, 6.07) is 8.31. The Hall–Kier alpha value is -1.06. The van der Waals surface area contributed by atoms with E-state index in [1.165, 1.54) is 18.4 Å². The number of hydrogen-bond acceptors (Lipinski definition) is 3. The molecule has 0 aliphatic carbocycles. The highest BCUT2D eigenvalue weighted by Crippen LogP contribution is 2.27. The summed E-state index contributed by atoms with van der Waals surface area (Å²) in [4.78, 5) is 0. The topological polar surface area (TPSA) is 30.5 Å². The lowest BCUT2D eigenvalue weighted by atomic mass is 10.1. The molecule has 1 aromatic carbocycles. The number of ether oxygens (including phenoxy) is 2. The number of nitrogens with one attached hydrogen (secondary N) is 1. The van der Waals surface area contributed by atoms with Gasteiger partial charge in [-0.2, -0.15) is 0 Å². The number of rotatable bonds is 9. The maximum absolute atomic E-state index is 5.87. The molecule has 1 atom stereocenters. The summed E-state index contributed by atoms with van der Waals surface area (Å²) in [6.07, 6.45) is 4.76. The zero-order valence-corrected chi connectivity index (χ0v) is 11.9. The fraction of sp³-hybridized carbons (Fsp3) is 0.625. The van der Waals surface area contributed by atoms with Crippen LogP contribution in [0.25, 0.3) is 0 Å². The van der Waals surface area contributed by atoms with E-state index in [2.05, 4.69) is 30.4 Å². The first-order chi connectivity index (χ1) is 9.40.